The second kappa shape index (κ2) is 9.60. The molecule has 2 amide bonds. The van der Waals surface area contributed by atoms with Crippen molar-refractivity contribution >= 4 is 17.5 Å². The molecular formula is C24H24N2O4. The van der Waals surface area contributed by atoms with Gasteiger partial charge in [-0.15, -0.1) is 0 Å². The Hall–Kier alpha value is -3.80. The number of carbonyl (C=O) groups is 2. The molecule has 0 unspecified atom stereocenters. The molecule has 0 aliphatic rings. The maximum Gasteiger partial charge on any atom is 0.255 e. The normalized spacial score (nSPS) is 10.3. The summed E-state index contributed by atoms with van der Waals surface area (Å²) in [6, 6.07) is 18.9. The summed E-state index contributed by atoms with van der Waals surface area (Å²) in [6.45, 7) is 4.64. The van der Waals surface area contributed by atoms with Crippen molar-refractivity contribution in [3.63, 3.8) is 0 Å². The highest BCUT2D eigenvalue weighted by atomic mass is 16.5. The molecular weight excluding hydrogens is 380 g/mol. The minimum absolute atomic E-state index is 0.210. The van der Waals surface area contributed by atoms with Gasteiger partial charge in [-0.1, -0.05) is 6.92 Å². The minimum atomic E-state index is -0.490. The summed E-state index contributed by atoms with van der Waals surface area (Å²) in [5.41, 5.74) is 7.81. The number of aryl methyl sites for hydroxylation is 1. The maximum absolute atomic E-state index is 12.6. The summed E-state index contributed by atoms with van der Waals surface area (Å²) in [6.07, 6.45) is 0.940. The fourth-order valence-electron chi connectivity index (χ4n) is 2.78. The largest absolute Gasteiger partial charge is 0.494 e. The molecule has 3 aromatic rings. The van der Waals surface area contributed by atoms with Gasteiger partial charge in [-0.25, -0.2) is 0 Å². The lowest BCUT2D eigenvalue weighted by Gasteiger charge is -2.11. The molecule has 6 heteroatoms. The Balaban J connectivity index is 1.63. The van der Waals surface area contributed by atoms with Gasteiger partial charge < -0.3 is 20.5 Å². The van der Waals surface area contributed by atoms with Gasteiger partial charge in [0.1, 0.15) is 17.2 Å². The number of hydrogen-bond acceptors (Lipinski definition) is 4. The summed E-state index contributed by atoms with van der Waals surface area (Å²) >= 11 is 0. The highest BCUT2D eigenvalue weighted by Crippen LogP contribution is 2.24. The van der Waals surface area contributed by atoms with Crippen molar-refractivity contribution in [2.45, 2.75) is 20.3 Å². The molecule has 3 rings (SSSR count). The molecule has 0 saturated heterocycles. The first-order valence-electron chi connectivity index (χ1n) is 9.69. The lowest BCUT2D eigenvalue weighted by atomic mass is 10.1. The average Bonchev–Trinajstić information content (AvgIpc) is 2.75. The average molecular weight is 404 g/mol. The number of carbonyl (C=O) groups excluding carboxylic acids is 2. The molecule has 0 heterocycles. The predicted octanol–water partition coefficient (Wildman–Crippen LogP) is 4.93. The molecule has 0 radical (unpaired) electrons. The van der Waals surface area contributed by atoms with Crippen molar-refractivity contribution in [1.29, 1.82) is 0 Å². The van der Waals surface area contributed by atoms with E-state index in [2.05, 4.69) is 12.2 Å². The van der Waals surface area contributed by atoms with Crippen molar-refractivity contribution in [2.24, 2.45) is 5.73 Å². The number of benzene rings is 3. The van der Waals surface area contributed by atoms with Crippen LogP contribution in [0.15, 0.2) is 66.7 Å². The van der Waals surface area contributed by atoms with Gasteiger partial charge in [-0.05, 0) is 85.6 Å². The molecule has 0 saturated carbocycles. The predicted molar refractivity (Wildman–Crippen MR) is 116 cm³/mol. The van der Waals surface area contributed by atoms with Gasteiger partial charge in [0.15, 0.2) is 0 Å². The Kier molecular flexibility index (Phi) is 6.70. The second-order valence-electron chi connectivity index (χ2n) is 6.79. The highest BCUT2D eigenvalue weighted by Gasteiger charge is 2.09. The third-order valence-electron chi connectivity index (χ3n) is 4.41. The summed E-state index contributed by atoms with van der Waals surface area (Å²) in [5, 5.41) is 2.92. The molecule has 0 aromatic heterocycles. The van der Waals surface area contributed by atoms with E-state index in [4.69, 9.17) is 15.2 Å². The lowest BCUT2D eigenvalue weighted by Crippen LogP contribution is -2.12. The van der Waals surface area contributed by atoms with Crippen LogP contribution in [0.5, 0.6) is 17.2 Å². The van der Waals surface area contributed by atoms with Gasteiger partial charge in [-0.2, -0.15) is 0 Å². The van der Waals surface area contributed by atoms with E-state index in [0.29, 0.717) is 29.2 Å². The fourth-order valence-corrected chi connectivity index (χ4v) is 2.78. The molecule has 3 aromatic carbocycles. The molecule has 0 fully saturated rings. The lowest BCUT2D eigenvalue weighted by molar-refractivity contribution is 0.0997. The number of nitrogens with two attached hydrogens (primary N) is 1. The van der Waals surface area contributed by atoms with Crippen LogP contribution in [0.4, 0.5) is 5.69 Å². The number of nitrogens with one attached hydrogen (secondary N) is 1. The maximum atomic E-state index is 12.6. The van der Waals surface area contributed by atoms with Gasteiger partial charge >= 0.3 is 0 Å². The van der Waals surface area contributed by atoms with Crippen LogP contribution in [0.1, 0.15) is 39.6 Å². The Morgan fingerprint density at radius 2 is 1.43 bits per heavy atom. The molecule has 0 aliphatic carbocycles. The summed E-state index contributed by atoms with van der Waals surface area (Å²) < 4.78 is 11.3. The molecule has 0 bridgehead atoms. The third kappa shape index (κ3) is 5.38. The van der Waals surface area contributed by atoms with Crippen molar-refractivity contribution in [3.05, 3.63) is 83.4 Å². The number of amides is 2. The van der Waals surface area contributed by atoms with Crippen LogP contribution in [0.3, 0.4) is 0 Å². The first-order chi connectivity index (χ1) is 14.5. The number of primary amides is 1. The zero-order chi connectivity index (χ0) is 21.5. The van der Waals surface area contributed by atoms with Crippen LogP contribution in [-0.2, 0) is 0 Å². The Labute approximate surface area is 175 Å². The molecule has 6 nitrogen and oxygen atoms in total. The van der Waals surface area contributed by atoms with Gasteiger partial charge in [0.05, 0.1) is 6.61 Å². The fraction of sp³-hybridized carbons (Fsp3) is 0.167. The van der Waals surface area contributed by atoms with E-state index in [1.165, 1.54) is 0 Å². The summed E-state index contributed by atoms with van der Waals surface area (Å²) in [7, 11) is 0. The Bertz CT molecular complexity index is 1030. The van der Waals surface area contributed by atoms with E-state index in [-0.39, 0.29) is 5.91 Å². The van der Waals surface area contributed by atoms with Crippen molar-refractivity contribution in [2.75, 3.05) is 11.9 Å². The highest BCUT2D eigenvalue weighted by molar-refractivity contribution is 6.04. The Morgan fingerprint density at radius 1 is 0.867 bits per heavy atom. The number of ether oxygens (including phenoxy) is 2. The second-order valence-corrected chi connectivity index (χ2v) is 6.79. The molecule has 154 valence electrons. The molecule has 0 atom stereocenters. The number of anilines is 1. The third-order valence-corrected chi connectivity index (χ3v) is 4.41. The van der Waals surface area contributed by atoms with E-state index < -0.39 is 5.91 Å². The van der Waals surface area contributed by atoms with Gasteiger partial charge in [0.25, 0.3) is 5.91 Å². The van der Waals surface area contributed by atoms with Crippen LogP contribution in [0, 0.1) is 6.92 Å². The van der Waals surface area contributed by atoms with E-state index in [1.54, 1.807) is 48.5 Å². The summed E-state index contributed by atoms with van der Waals surface area (Å²) in [4.78, 5) is 23.7. The van der Waals surface area contributed by atoms with Crippen LogP contribution in [0.25, 0.3) is 0 Å². The van der Waals surface area contributed by atoms with Crippen LogP contribution in [0.2, 0.25) is 0 Å². The SMILES string of the molecule is CCCOc1ccc(NC(=O)c2ccc(Oc3ccc(C(N)=O)cc3)cc2)c(C)c1. The van der Waals surface area contributed by atoms with Gasteiger partial charge in [-0.3, -0.25) is 9.59 Å². The van der Waals surface area contributed by atoms with E-state index in [1.807, 2.05) is 25.1 Å². The van der Waals surface area contributed by atoms with Gasteiger partial charge in [0.2, 0.25) is 5.91 Å². The van der Waals surface area contributed by atoms with Crippen molar-refractivity contribution in [3.8, 4) is 17.2 Å². The molecule has 30 heavy (non-hydrogen) atoms. The van der Waals surface area contributed by atoms with Gasteiger partial charge in [0, 0.05) is 16.8 Å². The first-order valence-corrected chi connectivity index (χ1v) is 9.69. The topological polar surface area (TPSA) is 90.7 Å². The molecule has 3 N–H and O–H groups in total. The zero-order valence-corrected chi connectivity index (χ0v) is 17.0. The van der Waals surface area contributed by atoms with Crippen LogP contribution in [-0.4, -0.2) is 18.4 Å². The van der Waals surface area contributed by atoms with E-state index in [0.717, 1.165) is 23.4 Å². The quantitative estimate of drug-likeness (QED) is 0.557. The minimum Gasteiger partial charge on any atom is -0.494 e. The first kappa shape index (κ1) is 20.9. The van der Waals surface area contributed by atoms with E-state index >= 15 is 0 Å². The number of hydrogen-bond donors (Lipinski definition) is 2. The monoisotopic (exact) mass is 404 g/mol. The standard InChI is InChI=1S/C24H24N2O4/c1-3-14-29-21-12-13-22(16(2)15-21)26-24(28)18-6-10-20(11-7-18)30-19-8-4-17(5-9-19)23(25)27/h4-13,15H,3,14H2,1-2H3,(H2,25,27)(H,26,28). The molecule has 0 aliphatic heterocycles. The number of rotatable bonds is 8. The van der Waals surface area contributed by atoms with Crippen LogP contribution < -0.4 is 20.5 Å². The molecule has 0 spiro atoms. The van der Waals surface area contributed by atoms with Crippen LogP contribution >= 0.6 is 0 Å². The van der Waals surface area contributed by atoms with Crippen molar-refractivity contribution < 1.29 is 19.1 Å². The summed E-state index contributed by atoms with van der Waals surface area (Å²) in [5.74, 6) is 1.23. The zero-order valence-electron chi connectivity index (χ0n) is 17.0. The smallest absolute Gasteiger partial charge is 0.255 e. The Morgan fingerprint density at radius 3 is 1.97 bits per heavy atom. The van der Waals surface area contributed by atoms with E-state index in [9.17, 15) is 9.59 Å². The van der Waals surface area contributed by atoms with Crippen molar-refractivity contribution in [1.82, 2.24) is 0 Å².